The van der Waals surface area contributed by atoms with Crippen molar-refractivity contribution in [2.75, 3.05) is 45.9 Å². The third-order valence-electron chi connectivity index (χ3n) is 6.38. The van der Waals surface area contributed by atoms with Gasteiger partial charge in [0, 0.05) is 6.61 Å². The van der Waals surface area contributed by atoms with E-state index in [1.807, 2.05) is 0 Å². The van der Waals surface area contributed by atoms with Crippen LogP contribution in [-0.4, -0.2) is 71.9 Å². The molecule has 6 fully saturated rings. The fourth-order valence-corrected chi connectivity index (χ4v) is 4.28. The Morgan fingerprint density at radius 3 is 1.41 bits per heavy atom. The van der Waals surface area contributed by atoms with Gasteiger partial charge in [0.25, 0.3) is 0 Å². The molecule has 6 heteroatoms. The van der Waals surface area contributed by atoms with Crippen LogP contribution in [0.2, 0.25) is 0 Å². The van der Waals surface area contributed by atoms with Gasteiger partial charge in [0.2, 0.25) is 0 Å². The van der Waals surface area contributed by atoms with Crippen molar-refractivity contribution >= 4 is 18.4 Å². The first kappa shape index (κ1) is 18.0. The number of nitrogens with zero attached hydrogens (tertiary/aromatic N) is 2. The van der Waals surface area contributed by atoms with Gasteiger partial charge in [-0.15, -0.1) is 12.4 Å². The van der Waals surface area contributed by atoms with Crippen molar-refractivity contribution in [2.45, 2.75) is 38.5 Å². The number of carboxylic acids is 1. The minimum atomic E-state index is -0.572. The smallest absolute Gasteiger partial charge is 0.309 e. The molecule has 128 valence electrons. The Labute approximate surface area is 139 Å². The zero-order valence-corrected chi connectivity index (χ0v) is 14.1. The van der Waals surface area contributed by atoms with Gasteiger partial charge >= 0.3 is 5.97 Å². The van der Waals surface area contributed by atoms with Crippen LogP contribution in [0.15, 0.2) is 0 Å². The van der Waals surface area contributed by atoms with E-state index in [4.69, 9.17) is 10.2 Å². The number of hydrogen-bond acceptors (Lipinski definition) is 4. The van der Waals surface area contributed by atoms with Crippen LogP contribution in [0, 0.1) is 10.8 Å². The Morgan fingerprint density at radius 1 is 0.818 bits per heavy atom. The Bertz CT molecular complexity index is 361. The molecule has 22 heavy (non-hydrogen) atoms. The van der Waals surface area contributed by atoms with Gasteiger partial charge in [-0.2, -0.15) is 0 Å². The van der Waals surface area contributed by atoms with E-state index in [-0.39, 0.29) is 17.8 Å². The maximum absolute atomic E-state index is 10.9. The standard InChI is InChI=1S/C8H13NO2.C8H15NO.ClH/c10-7(11)8-1-4-9(5-2-8)6-3-8;10-7-8-1-4-9(5-2-8)6-3-8;/h1-6H2,(H,10,11);10H,1-7H2;1H. The highest BCUT2D eigenvalue weighted by Crippen LogP contribution is 2.40. The van der Waals surface area contributed by atoms with Crippen LogP contribution in [-0.2, 0) is 4.79 Å². The van der Waals surface area contributed by atoms with Gasteiger partial charge in [-0.05, 0) is 83.2 Å². The van der Waals surface area contributed by atoms with E-state index in [9.17, 15) is 4.79 Å². The Balaban J connectivity index is 0.000000154. The molecule has 6 rings (SSSR count). The maximum Gasteiger partial charge on any atom is 0.309 e. The highest BCUT2D eigenvalue weighted by atomic mass is 35.5. The van der Waals surface area contributed by atoms with Gasteiger partial charge < -0.3 is 20.0 Å². The summed E-state index contributed by atoms with van der Waals surface area (Å²) in [6.45, 7) is 7.06. The summed E-state index contributed by atoms with van der Waals surface area (Å²) in [6.07, 6.45) is 6.27. The van der Waals surface area contributed by atoms with E-state index in [0.29, 0.717) is 12.0 Å². The zero-order valence-electron chi connectivity index (χ0n) is 13.3. The lowest BCUT2D eigenvalue weighted by Gasteiger charge is -2.47. The molecule has 0 aromatic carbocycles. The lowest BCUT2D eigenvalue weighted by Crippen LogP contribution is -2.51. The van der Waals surface area contributed by atoms with Gasteiger partial charge in [-0.3, -0.25) is 4.79 Å². The first-order valence-corrected chi connectivity index (χ1v) is 8.37. The number of fused-ring (bicyclic) bond motifs is 6. The van der Waals surface area contributed by atoms with Crippen LogP contribution in [0.5, 0.6) is 0 Å². The minimum Gasteiger partial charge on any atom is -0.481 e. The molecular weight excluding hydrogens is 304 g/mol. The third-order valence-corrected chi connectivity index (χ3v) is 6.38. The second kappa shape index (κ2) is 7.04. The van der Waals surface area contributed by atoms with Crippen LogP contribution in [0.25, 0.3) is 0 Å². The van der Waals surface area contributed by atoms with Crippen molar-refractivity contribution in [3.8, 4) is 0 Å². The largest absolute Gasteiger partial charge is 0.481 e. The number of rotatable bonds is 2. The fourth-order valence-electron chi connectivity index (χ4n) is 4.28. The average molecular weight is 333 g/mol. The number of aliphatic hydroxyl groups is 1. The summed E-state index contributed by atoms with van der Waals surface area (Å²) in [5.41, 5.74) is 0.00347. The molecule has 6 aliphatic heterocycles. The molecule has 0 aliphatic carbocycles. The number of carbonyl (C=O) groups is 1. The van der Waals surface area contributed by atoms with Crippen LogP contribution in [0.1, 0.15) is 38.5 Å². The fraction of sp³-hybridized carbons (Fsp3) is 0.938. The van der Waals surface area contributed by atoms with Crippen molar-refractivity contribution in [3.05, 3.63) is 0 Å². The van der Waals surface area contributed by atoms with E-state index < -0.39 is 5.97 Å². The number of halogens is 1. The first-order chi connectivity index (χ1) is 10.1. The Kier molecular flexibility index (Phi) is 5.75. The third kappa shape index (κ3) is 3.42. The predicted molar refractivity (Wildman–Crippen MR) is 87.4 cm³/mol. The lowest BCUT2D eigenvalue weighted by atomic mass is 9.72. The van der Waals surface area contributed by atoms with Crippen LogP contribution < -0.4 is 0 Å². The van der Waals surface area contributed by atoms with Gasteiger partial charge in [0.05, 0.1) is 5.41 Å². The summed E-state index contributed by atoms with van der Waals surface area (Å²) in [7, 11) is 0. The van der Waals surface area contributed by atoms with Gasteiger partial charge in [0.15, 0.2) is 0 Å². The molecule has 0 unspecified atom stereocenters. The molecule has 0 radical (unpaired) electrons. The maximum atomic E-state index is 10.9. The molecule has 5 nitrogen and oxygen atoms in total. The second-order valence-electron chi connectivity index (χ2n) is 7.43. The van der Waals surface area contributed by atoms with Crippen molar-refractivity contribution in [1.82, 2.24) is 9.80 Å². The van der Waals surface area contributed by atoms with Crippen molar-refractivity contribution in [2.24, 2.45) is 10.8 Å². The Hall–Kier alpha value is -0.360. The molecule has 0 saturated carbocycles. The lowest BCUT2D eigenvalue weighted by molar-refractivity contribution is -0.156. The SMILES string of the molecule is Cl.O=C(O)C12CCN(CC1)CC2.OCC12CCN(CC1)CC2. The van der Waals surface area contributed by atoms with Gasteiger partial charge in [-0.25, -0.2) is 0 Å². The normalized spacial score (nSPS) is 42.0. The molecule has 4 bridgehead atoms. The van der Waals surface area contributed by atoms with E-state index in [1.165, 1.54) is 38.9 Å². The van der Waals surface area contributed by atoms with Crippen LogP contribution in [0.4, 0.5) is 0 Å². The van der Waals surface area contributed by atoms with Crippen LogP contribution >= 0.6 is 12.4 Å². The number of hydrogen-bond donors (Lipinski definition) is 2. The minimum absolute atomic E-state index is 0. The molecule has 6 heterocycles. The van der Waals surface area contributed by atoms with Crippen molar-refractivity contribution < 1.29 is 15.0 Å². The molecule has 0 aromatic heterocycles. The predicted octanol–water partition coefficient (Wildman–Crippen LogP) is 1.44. The van der Waals surface area contributed by atoms with Crippen molar-refractivity contribution in [3.63, 3.8) is 0 Å². The molecular formula is C16H29ClN2O3. The topological polar surface area (TPSA) is 64.0 Å². The Morgan fingerprint density at radius 2 is 1.18 bits per heavy atom. The zero-order chi connectivity index (χ0) is 14.9. The summed E-state index contributed by atoms with van der Waals surface area (Å²) < 4.78 is 0. The van der Waals surface area contributed by atoms with Crippen LogP contribution in [0.3, 0.4) is 0 Å². The summed E-state index contributed by atoms with van der Waals surface area (Å²) in [4.78, 5) is 15.8. The summed E-state index contributed by atoms with van der Waals surface area (Å²) in [5.74, 6) is -0.572. The van der Waals surface area contributed by atoms with E-state index in [2.05, 4.69) is 9.80 Å². The number of aliphatic hydroxyl groups excluding tert-OH is 1. The monoisotopic (exact) mass is 332 g/mol. The highest BCUT2D eigenvalue weighted by Gasteiger charge is 2.45. The molecule has 0 spiro atoms. The molecule has 0 amide bonds. The molecule has 6 aliphatic rings. The quantitative estimate of drug-likeness (QED) is 0.801. The van der Waals surface area contributed by atoms with E-state index in [1.54, 1.807) is 0 Å². The molecule has 0 aromatic rings. The number of carboxylic acid groups (broad SMARTS) is 1. The summed E-state index contributed by atoms with van der Waals surface area (Å²) in [6, 6.07) is 0. The van der Waals surface area contributed by atoms with E-state index in [0.717, 1.165) is 38.9 Å². The average Bonchev–Trinajstić information content (AvgIpc) is 2.59. The molecule has 0 atom stereocenters. The number of aliphatic carboxylic acids is 1. The van der Waals surface area contributed by atoms with E-state index >= 15 is 0 Å². The highest BCUT2D eigenvalue weighted by molar-refractivity contribution is 5.85. The van der Waals surface area contributed by atoms with Gasteiger partial charge in [-0.1, -0.05) is 0 Å². The second-order valence-corrected chi connectivity index (χ2v) is 7.43. The van der Waals surface area contributed by atoms with Crippen molar-refractivity contribution in [1.29, 1.82) is 0 Å². The molecule has 6 saturated heterocycles. The summed E-state index contributed by atoms with van der Waals surface area (Å²) in [5, 5.41) is 18.1. The summed E-state index contributed by atoms with van der Waals surface area (Å²) >= 11 is 0. The molecule has 2 N–H and O–H groups in total. The first-order valence-electron chi connectivity index (χ1n) is 8.37. The van der Waals surface area contributed by atoms with Gasteiger partial charge in [0.1, 0.15) is 0 Å². The number of piperidine rings is 6.